The molecule has 0 fully saturated rings. The molecule has 6 heteroatoms. The molecule has 90 valence electrons. The van der Waals surface area contributed by atoms with Crippen molar-refractivity contribution < 1.29 is 4.39 Å². The molecule has 3 N–H and O–H groups in total. The summed E-state index contributed by atoms with van der Waals surface area (Å²) in [5.41, 5.74) is 6.65. The van der Waals surface area contributed by atoms with E-state index in [1.807, 2.05) is 0 Å². The van der Waals surface area contributed by atoms with E-state index in [0.29, 0.717) is 11.4 Å². The molecule has 0 aliphatic rings. The number of hydrogen-bond donors (Lipinski definition) is 2. The van der Waals surface area contributed by atoms with Crippen molar-refractivity contribution in [2.24, 2.45) is 0 Å². The Morgan fingerprint density at radius 2 is 2.24 bits per heavy atom. The van der Waals surface area contributed by atoms with Gasteiger partial charge in [-0.3, -0.25) is 4.68 Å². The van der Waals surface area contributed by atoms with Crippen molar-refractivity contribution in [1.82, 2.24) is 15.0 Å². The van der Waals surface area contributed by atoms with E-state index < -0.39 is 0 Å². The van der Waals surface area contributed by atoms with Gasteiger partial charge in [-0.15, -0.1) is 5.10 Å². The average Bonchev–Trinajstić information content (AvgIpc) is 2.76. The fourth-order valence-corrected chi connectivity index (χ4v) is 1.54. The van der Waals surface area contributed by atoms with Crippen LogP contribution in [0, 0.1) is 5.82 Å². The topological polar surface area (TPSA) is 68.8 Å². The van der Waals surface area contributed by atoms with Gasteiger partial charge in [0.15, 0.2) is 0 Å². The third-order valence-corrected chi connectivity index (χ3v) is 2.29. The molecule has 17 heavy (non-hydrogen) atoms. The van der Waals surface area contributed by atoms with Gasteiger partial charge in [0, 0.05) is 30.7 Å². The number of nitrogens with one attached hydrogen (secondary N) is 1. The normalized spacial score (nSPS) is 10.4. The van der Waals surface area contributed by atoms with E-state index in [1.165, 1.54) is 12.1 Å². The highest BCUT2D eigenvalue weighted by Gasteiger charge is 1.98. The van der Waals surface area contributed by atoms with Crippen molar-refractivity contribution in [2.75, 3.05) is 17.6 Å². The van der Waals surface area contributed by atoms with Crippen molar-refractivity contribution in [3.63, 3.8) is 0 Å². The molecule has 0 bridgehead atoms. The lowest BCUT2D eigenvalue weighted by Gasteiger charge is -2.07. The summed E-state index contributed by atoms with van der Waals surface area (Å²) in [7, 11) is 0. The van der Waals surface area contributed by atoms with Gasteiger partial charge in [-0.1, -0.05) is 5.21 Å². The molecular formula is C11H14FN5. The number of anilines is 2. The van der Waals surface area contributed by atoms with E-state index in [-0.39, 0.29) is 5.82 Å². The molecule has 0 aliphatic heterocycles. The van der Waals surface area contributed by atoms with Crippen LogP contribution < -0.4 is 11.1 Å². The van der Waals surface area contributed by atoms with E-state index in [1.54, 1.807) is 23.1 Å². The predicted molar refractivity (Wildman–Crippen MR) is 63.9 cm³/mol. The highest BCUT2D eigenvalue weighted by molar-refractivity contribution is 5.54. The zero-order valence-electron chi connectivity index (χ0n) is 9.31. The standard InChI is InChI=1S/C11H14FN5/c12-9-6-10(13)8-11(7-9)14-2-1-4-17-5-3-15-16-17/h3,5-8,14H,1-2,4,13H2. The van der Waals surface area contributed by atoms with Gasteiger partial charge < -0.3 is 11.1 Å². The molecular weight excluding hydrogens is 221 g/mol. The molecule has 2 rings (SSSR count). The molecule has 0 amide bonds. The van der Waals surface area contributed by atoms with Crippen LogP contribution in [0.15, 0.2) is 30.6 Å². The van der Waals surface area contributed by atoms with Gasteiger partial charge >= 0.3 is 0 Å². The van der Waals surface area contributed by atoms with Crippen molar-refractivity contribution in [3.8, 4) is 0 Å². The van der Waals surface area contributed by atoms with Gasteiger partial charge in [0.1, 0.15) is 5.82 Å². The lowest BCUT2D eigenvalue weighted by atomic mass is 10.2. The summed E-state index contributed by atoms with van der Waals surface area (Å²) >= 11 is 0. The van der Waals surface area contributed by atoms with E-state index in [4.69, 9.17) is 5.73 Å². The quantitative estimate of drug-likeness (QED) is 0.608. The second-order valence-corrected chi connectivity index (χ2v) is 3.72. The Hall–Kier alpha value is -2.11. The zero-order valence-corrected chi connectivity index (χ0v) is 9.31. The molecule has 0 saturated carbocycles. The number of benzene rings is 1. The Labute approximate surface area is 98.4 Å². The minimum Gasteiger partial charge on any atom is -0.399 e. The van der Waals surface area contributed by atoms with Crippen LogP contribution in [0.3, 0.4) is 0 Å². The van der Waals surface area contributed by atoms with Crippen LogP contribution in [-0.2, 0) is 6.54 Å². The first-order chi connectivity index (χ1) is 8.24. The number of rotatable bonds is 5. The minimum atomic E-state index is -0.330. The number of nitrogens with zero attached hydrogens (tertiary/aromatic N) is 3. The largest absolute Gasteiger partial charge is 0.399 e. The number of aryl methyl sites for hydroxylation is 1. The lowest BCUT2D eigenvalue weighted by molar-refractivity contribution is 0.569. The first-order valence-electron chi connectivity index (χ1n) is 5.38. The van der Waals surface area contributed by atoms with E-state index in [0.717, 1.165) is 19.5 Å². The van der Waals surface area contributed by atoms with Gasteiger partial charge in [0.25, 0.3) is 0 Å². The highest BCUT2D eigenvalue weighted by Crippen LogP contribution is 2.15. The van der Waals surface area contributed by atoms with Crippen LogP contribution >= 0.6 is 0 Å². The smallest absolute Gasteiger partial charge is 0.127 e. The maximum absolute atomic E-state index is 13.0. The number of halogens is 1. The lowest BCUT2D eigenvalue weighted by Crippen LogP contribution is -2.07. The van der Waals surface area contributed by atoms with Crippen LogP contribution in [0.4, 0.5) is 15.8 Å². The molecule has 0 spiro atoms. The molecule has 0 saturated heterocycles. The van der Waals surface area contributed by atoms with Crippen LogP contribution in [-0.4, -0.2) is 21.5 Å². The Morgan fingerprint density at radius 3 is 2.94 bits per heavy atom. The van der Waals surface area contributed by atoms with E-state index in [9.17, 15) is 4.39 Å². The Balaban J connectivity index is 1.78. The highest BCUT2D eigenvalue weighted by atomic mass is 19.1. The zero-order chi connectivity index (χ0) is 12.1. The summed E-state index contributed by atoms with van der Waals surface area (Å²) in [5.74, 6) is -0.330. The number of aromatic nitrogens is 3. The van der Waals surface area contributed by atoms with Crippen molar-refractivity contribution >= 4 is 11.4 Å². The molecule has 1 heterocycles. The van der Waals surface area contributed by atoms with Crippen LogP contribution in [0.5, 0.6) is 0 Å². The van der Waals surface area contributed by atoms with Gasteiger partial charge in [-0.2, -0.15) is 0 Å². The van der Waals surface area contributed by atoms with E-state index in [2.05, 4.69) is 15.6 Å². The third kappa shape index (κ3) is 3.44. The summed E-state index contributed by atoms with van der Waals surface area (Å²) in [6.45, 7) is 1.50. The van der Waals surface area contributed by atoms with Gasteiger partial charge in [-0.05, 0) is 24.6 Å². The molecule has 2 aromatic rings. The Morgan fingerprint density at radius 1 is 1.35 bits per heavy atom. The molecule has 0 atom stereocenters. The fourth-order valence-electron chi connectivity index (χ4n) is 1.54. The monoisotopic (exact) mass is 235 g/mol. The van der Waals surface area contributed by atoms with Gasteiger partial charge in [0.2, 0.25) is 0 Å². The molecule has 0 unspecified atom stereocenters. The Kier molecular flexibility index (Phi) is 3.54. The van der Waals surface area contributed by atoms with Gasteiger partial charge in [-0.25, -0.2) is 4.39 Å². The van der Waals surface area contributed by atoms with E-state index >= 15 is 0 Å². The van der Waals surface area contributed by atoms with Crippen LogP contribution in [0.1, 0.15) is 6.42 Å². The summed E-state index contributed by atoms with van der Waals surface area (Å²) in [6.07, 6.45) is 4.32. The first-order valence-corrected chi connectivity index (χ1v) is 5.38. The summed E-state index contributed by atoms with van der Waals surface area (Å²) in [4.78, 5) is 0. The molecule has 0 aliphatic carbocycles. The number of hydrogen-bond acceptors (Lipinski definition) is 4. The average molecular weight is 235 g/mol. The fraction of sp³-hybridized carbons (Fsp3) is 0.273. The summed E-state index contributed by atoms with van der Waals surface area (Å²) < 4.78 is 14.8. The molecule has 5 nitrogen and oxygen atoms in total. The van der Waals surface area contributed by atoms with Crippen molar-refractivity contribution in [1.29, 1.82) is 0 Å². The number of nitrogens with two attached hydrogens (primary N) is 1. The molecule has 0 radical (unpaired) electrons. The maximum atomic E-state index is 13.0. The summed E-state index contributed by atoms with van der Waals surface area (Å²) in [6, 6.07) is 4.42. The molecule has 1 aromatic heterocycles. The third-order valence-electron chi connectivity index (χ3n) is 2.29. The second kappa shape index (κ2) is 5.29. The van der Waals surface area contributed by atoms with Crippen molar-refractivity contribution in [2.45, 2.75) is 13.0 Å². The maximum Gasteiger partial charge on any atom is 0.127 e. The number of nitrogen functional groups attached to an aromatic ring is 1. The first kappa shape index (κ1) is 11.4. The second-order valence-electron chi connectivity index (χ2n) is 3.72. The Bertz CT molecular complexity index is 448. The minimum absolute atomic E-state index is 0.330. The van der Waals surface area contributed by atoms with Crippen molar-refractivity contribution in [3.05, 3.63) is 36.4 Å². The predicted octanol–water partition coefficient (Wildman–Crippen LogP) is 1.50. The SMILES string of the molecule is Nc1cc(F)cc(NCCCn2ccnn2)c1. The van der Waals surface area contributed by atoms with Crippen LogP contribution in [0.2, 0.25) is 0 Å². The van der Waals surface area contributed by atoms with Crippen LogP contribution in [0.25, 0.3) is 0 Å². The molecule has 1 aromatic carbocycles. The summed E-state index contributed by atoms with van der Waals surface area (Å²) in [5, 5.41) is 10.7. The van der Waals surface area contributed by atoms with Gasteiger partial charge in [0.05, 0.1) is 6.20 Å².